The maximum atomic E-state index is 14.3. The zero-order valence-corrected chi connectivity index (χ0v) is 34.0. The van der Waals surface area contributed by atoms with Crippen LogP contribution >= 0.6 is 0 Å². The average molecular weight is 746 g/mol. The summed E-state index contributed by atoms with van der Waals surface area (Å²) in [4.78, 5) is 70.8. The van der Waals surface area contributed by atoms with Crippen LogP contribution in [0, 0.1) is 23.7 Å². The lowest BCUT2D eigenvalue weighted by atomic mass is 9.89. The van der Waals surface area contributed by atoms with Gasteiger partial charge in [0.05, 0.1) is 42.7 Å². The Morgan fingerprint density at radius 1 is 0.906 bits per heavy atom. The summed E-state index contributed by atoms with van der Waals surface area (Å²) in [5.74, 6) is -3.30. The number of likely N-dealkylation sites (tertiary alicyclic amines) is 1. The first-order valence-electron chi connectivity index (χ1n) is 19.1. The lowest BCUT2D eigenvalue weighted by molar-refractivity contribution is -0.149. The third kappa shape index (κ3) is 12.0. The number of methoxy groups -OCH3 is 2. The molecule has 1 heterocycles. The topological polar surface area (TPSA) is 167 Å². The first-order chi connectivity index (χ1) is 24.9. The van der Waals surface area contributed by atoms with Crippen LogP contribution in [0.2, 0.25) is 0 Å². The Morgan fingerprint density at radius 2 is 1.51 bits per heavy atom. The summed E-state index contributed by atoms with van der Waals surface area (Å²) in [5.41, 5.74) is 0.784. The van der Waals surface area contributed by atoms with E-state index in [1.54, 1.807) is 30.8 Å². The molecule has 13 nitrogen and oxygen atoms in total. The van der Waals surface area contributed by atoms with Gasteiger partial charge in [-0.2, -0.15) is 0 Å². The van der Waals surface area contributed by atoms with E-state index in [9.17, 15) is 29.1 Å². The monoisotopic (exact) mass is 745 g/mol. The highest BCUT2D eigenvalue weighted by Gasteiger charge is 2.45. The van der Waals surface area contributed by atoms with Crippen molar-refractivity contribution in [3.05, 3.63) is 35.9 Å². The summed E-state index contributed by atoms with van der Waals surface area (Å²) in [5, 5.41) is 18.6. The van der Waals surface area contributed by atoms with E-state index in [1.807, 2.05) is 78.8 Å². The van der Waals surface area contributed by atoms with Crippen molar-refractivity contribution < 1.29 is 38.6 Å². The summed E-state index contributed by atoms with van der Waals surface area (Å²) in [6.45, 7) is 15.4. The average Bonchev–Trinajstić information content (AvgIpc) is 3.50. The fourth-order valence-corrected chi connectivity index (χ4v) is 7.72. The van der Waals surface area contributed by atoms with Gasteiger partial charge < -0.3 is 40.3 Å². The number of carbonyl (C=O) groups excluding carboxylic acids is 4. The molecule has 13 heteroatoms. The first kappa shape index (κ1) is 45.6. The van der Waals surface area contributed by atoms with Crippen molar-refractivity contribution in [1.29, 1.82) is 0 Å². The van der Waals surface area contributed by atoms with Crippen molar-refractivity contribution in [2.75, 3.05) is 28.3 Å². The molecule has 0 bridgehead atoms. The molecule has 0 aliphatic carbocycles. The molecule has 1 aromatic rings. The molecule has 1 fully saturated rings. The molecule has 1 aromatic carbocycles. The SMILES string of the molecule is CC[C@H](C)C([C@@H](CC(=O)N1[C@@H](C)CC[C@H]1C(OC)[C@@H](C)C(=O)NC(Cc1ccccc1)C(=O)O)OC)N(C)C(=O)[C@@H](NC(=O)[C@@H](NC)C(C)C)C(C)C. The number of hydrogen-bond donors (Lipinski definition) is 4. The number of carboxylic acid groups (broad SMARTS) is 1. The number of aliphatic carboxylic acids is 1. The minimum Gasteiger partial charge on any atom is -0.480 e. The van der Waals surface area contributed by atoms with Crippen molar-refractivity contribution in [3.63, 3.8) is 0 Å². The summed E-state index contributed by atoms with van der Waals surface area (Å²) in [7, 11) is 6.47. The van der Waals surface area contributed by atoms with Gasteiger partial charge in [-0.15, -0.1) is 0 Å². The summed E-state index contributed by atoms with van der Waals surface area (Å²) in [6.07, 6.45) is 0.748. The van der Waals surface area contributed by atoms with Gasteiger partial charge in [0.15, 0.2) is 0 Å². The van der Waals surface area contributed by atoms with Crippen LogP contribution in [-0.4, -0.2) is 121 Å². The molecular formula is C40H67N5O8. The number of likely N-dealkylation sites (N-methyl/N-ethyl adjacent to an activating group) is 2. The normalized spacial score (nSPS) is 20.5. The van der Waals surface area contributed by atoms with Crippen molar-refractivity contribution in [1.82, 2.24) is 25.8 Å². The van der Waals surface area contributed by atoms with Crippen molar-refractivity contribution in [3.8, 4) is 0 Å². The molecule has 0 saturated carbocycles. The number of carbonyl (C=O) groups is 5. The molecule has 0 radical (unpaired) electrons. The Hall–Kier alpha value is -3.55. The Labute approximate surface area is 317 Å². The van der Waals surface area contributed by atoms with Crippen LogP contribution in [0.3, 0.4) is 0 Å². The van der Waals surface area contributed by atoms with Crippen molar-refractivity contribution in [2.24, 2.45) is 23.7 Å². The van der Waals surface area contributed by atoms with Gasteiger partial charge in [0, 0.05) is 33.7 Å². The van der Waals surface area contributed by atoms with E-state index >= 15 is 0 Å². The highest BCUT2D eigenvalue weighted by atomic mass is 16.5. The minimum absolute atomic E-state index is 0.0190. The van der Waals surface area contributed by atoms with Crippen LogP contribution in [0.4, 0.5) is 0 Å². The maximum Gasteiger partial charge on any atom is 0.326 e. The molecule has 1 saturated heterocycles. The summed E-state index contributed by atoms with van der Waals surface area (Å²) in [6, 6.07) is 5.65. The van der Waals surface area contributed by atoms with Crippen molar-refractivity contribution >= 4 is 29.6 Å². The van der Waals surface area contributed by atoms with E-state index in [-0.39, 0.29) is 54.4 Å². The van der Waals surface area contributed by atoms with Crippen LogP contribution < -0.4 is 16.0 Å². The third-order valence-corrected chi connectivity index (χ3v) is 11.0. The first-order valence-corrected chi connectivity index (χ1v) is 19.1. The zero-order chi connectivity index (χ0) is 40.2. The van der Waals surface area contributed by atoms with Gasteiger partial charge in [-0.1, -0.05) is 85.2 Å². The molecular weight excluding hydrogens is 678 g/mol. The molecule has 4 N–H and O–H groups in total. The number of hydrogen-bond acceptors (Lipinski definition) is 8. The predicted molar refractivity (Wildman–Crippen MR) is 205 cm³/mol. The quantitative estimate of drug-likeness (QED) is 0.147. The molecule has 4 amide bonds. The van der Waals surface area contributed by atoms with E-state index in [4.69, 9.17) is 9.47 Å². The fraction of sp³-hybridized carbons (Fsp3) is 0.725. The fourth-order valence-electron chi connectivity index (χ4n) is 7.72. The van der Waals surface area contributed by atoms with Crippen molar-refractivity contribution in [2.45, 2.75) is 136 Å². The summed E-state index contributed by atoms with van der Waals surface area (Å²) < 4.78 is 11.9. The largest absolute Gasteiger partial charge is 0.480 e. The molecule has 1 aliphatic rings. The standard InChI is InChI=1S/C40H67N5O8/c1-13-25(6)35(44(10)39(49)34(24(4)5)43-38(48)33(41-9)23(2)3)31(52-11)22-32(46)45-26(7)19-20-30(45)36(53-12)27(8)37(47)42-29(40(50)51)21-28-17-15-14-16-18-28/h14-18,23-27,29-31,33-36,41H,13,19-22H2,1-12H3,(H,42,47)(H,43,48)(H,50,51)/t25-,26-,27+,29?,30-,31+,33-,34-,35?,36?/m0/s1. The highest BCUT2D eigenvalue weighted by molar-refractivity contribution is 5.90. The van der Waals surface area contributed by atoms with Gasteiger partial charge in [-0.3, -0.25) is 19.2 Å². The second-order valence-corrected chi connectivity index (χ2v) is 15.4. The number of carboxylic acids is 1. The molecule has 0 aromatic heterocycles. The second-order valence-electron chi connectivity index (χ2n) is 15.4. The Kier molecular flexibility index (Phi) is 18.4. The smallest absolute Gasteiger partial charge is 0.326 e. The number of nitrogens with zero attached hydrogens (tertiary/aromatic N) is 2. The van der Waals surface area contributed by atoms with Crippen LogP contribution in [-0.2, 0) is 39.9 Å². The minimum atomic E-state index is -1.14. The Balaban J connectivity index is 2.31. The van der Waals surface area contributed by atoms with Gasteiger partial charge in [0.1, 0.15) is 12.1 Å². The van der Waals surface area contributed by atoms with Gasteiger partial charge in [0.2, 0.25) is 23.6 Å². The molecule has 1 aliphatic heterocycles. The molecule has 3 unspecified atom stereocenters. The molecule has 53 heavy (non-hydrogen) atoms. The Bertz CT molecular complexity index is 1340. The molecule has 0 spiro atoms. The van der Waals surface area contributed by atoms with Gasteiger partial charge in [-0.25, -0.2) is 4.79 Å². The lowest BCUT2D eigenvalue weighted by Crippen LogP contribution is -2.59. The number of rotatable bonds is 21. The maximum absolute atomic E-state index is 14.3. The number of ether oxygens (including phenoxy) is 2. The predicted octanol–water partition coefficient (Wildman–Crippen LogP) is 3.49. The molecule has 10 atom stereocenters. The number of amides is 4. The molecule has 300 valence electrons. The van der Waals surface area contributed by atoms with Crippen LogP contribution in [0.1, 0.15) is 86.6 Å². The highest BCUT2D eigenvalue weighted by Crippen LogP contribution is 2.33. The van der Waals surface area contributed by atoms with E-state index in [0.29, 0.717) is 19.3 Å². The van der Waals surface area contributed by atoms with E-state index in [0.717, 1.165) is 5.56 Å². The summed E-state index contributed by atoms with van der Waals surface area (Å²) >= 11 is 0. The van der Waals surface area contributed by atoms with Crippen LogP contribution in [0.15, 0.2) is 30.3 Å². The van der Waals surface area contributed by atoms with Gasteiger partial charge >= 0.3 is 5.97 Å². The number of nitrogens with one attached hydrogen (secondary N) is 3. The zero-order valence-electron chi connectivity index (χ0n) is 34.0. The van der Waals surface area contributed by atoms with Gasteiger partial charge in [-0.05, 0) is 50.1 Å². The van der Waals surface area contributed by atoms with Crippen LogP contribution in [0.25, 0.3) is 0 Å². The molecule has 2 rings (SSSR count). The third-order valence-electron chi connectivity index (χ3n) is 11.0. The van der Waals surface area contributed by atoms with E-state index in [2.05, 4.69) is 16.0 Å². The number of benzene rings is 1. The van der Waals surface area contributed by atoms with E-state index < -0.39 is 60.2 Å². The Morgan fingerprint density at radius 3 is 2.00 bits per heavy atom. The van der Waals surface area contributed by atoms with E-state index in [1.165, 1.54) is 14.2 Å². The lowest BCUT2D eigenvalue weighted by Gasteiger charge is -2.41. The van der Waals surface area contributed by atoms with Gasteiger partial charge in [0.25, 0.3) is 0 Å². The van der Waals surface area contributed by atoms with Crippen LogP contribution in [0.5, 0.6) is 0 Å². The second kappa shape index (κ2) is 21.4.